The molecule has 8 nitrogen and oxygen atoms in total. The maximum absolute atomic E-state index is 6.37. The molecule has 2 aromatic heterocycles. The van der Waals surface area contributed by atoms with Gasteiger partial charge in [0.15, 0.2) is 18.1 Å². The summed E-state index contributed by atoms with van der Waals surface area (Å²) < 4.78 is 13.5. The van der Waals surface area contributed by atoms with Crippen LogP contribution in [0.5, 0.6) is 17.4 Å². The molecule has 7 rings (SSSR count). The van der Waals surface area contributed by atoms with Crippen molar-refractivity contribution in [2.24, 2.45) is 5.16 Å². The van der Waals surface area contributed by atoms with Crippen LogP contribution in [0.2, 0.25) is 5.02 Å². The van der Waals surface area contributed by atoms with Crippen molar-refractivity contribution < 1.29 is 14.3 Å². The highest BCUT2D eigenvalue weighted by Crippen LogP contribution is 2.50. The number of hydrogen-bond acceptors (Lipinski definition) is 7. The Morgan fingerprint density at radius 1 is 0.975 bits per heavy atom. The second-order valence-corrected chi connectivity index (χ2v) is 9.70. The van der Waals surface area contributed by atoms with Crippen molar-refractivity contribution in [3.63, 3.8) is 0 Å². The Balaban J connectivity index is 1.32. The third-order valence-electron chi connectivity index (χ3n) is 6.96. The zero-order valence-corrected chi connectivity index (χ0v) is 22.1. The molecular weight excluding hydrogens is 526 g/mol. The smallest absolute Gasteiger partial charge is 0.228 e. The Hall–Kier alpha value is -4.95. The third kappa shape index (κ3) is 4.19. The Labute approximate surface area is 234 Å². The van der Waals surface area contributed by atoms with Gasteiger partial charge in [0.1, 0.15) is 17.8 Å². The van der Waals surface area contributed by atoms with Crippen molar-refractivity contribution in [3.8, 4) is 17.4 Å². The highest BCUT2D eigenvalue weighted by Gasteiger charge is 2.34. The molecule has 1 aliphatic rings. The van der Waals surface area contributed by atoms with Gasteiger partial charge in [-0.25, -0.2) is 14.5 Å². The summed E-state index contributed by atoms with van der Waals surface area (Å²) in [6.45, 7) is 0.0744. The van der Waals surface area contributed by atoms with Crippen LogP contribution in [0.25, 0.3) is 16.4 Å². The lowest BCUT2D eigenvalue weighted by Gasteiger charge is -2.29. The fourth-order valence-electron chi connectivity index (χ4n) is 5.11. The van der Waals surface area contributed by atoms with Gasteiger partial charge in [0.2, 0.25) is 5.88 Å². The van der Waals surface area contributed by atoms with Crippen molar-refractivity contribution in [3.05, 3.63) is 124 Å². The van der Waals surface area contributed by atoms with Crippen molar-refractivity contribution in [2.45, 2.75) is 12.5 Å². The van der Waals surface area contributed by atoms with Crippen LogP contribution in [0.1, 0.15) is 34.0 Å². The van der Waals surface area contributed by atoms with Gasteiger partial charge in [0.05, 0.1) is 18.9 Å². The predicted molar refractivity (Wildman–Crippen MR) is 153 cm³/mol. The number of halogens is 1. The molecule has 0 bridgehead atoms. The van der Waals surface area contributed by atoms with Crippen molar-refractivity contribution in [2.75, 3.05) is 7.11 Å². The van der Waals surface area contributed by atoms with Crippen LogP contribution in [0.3, 0.4) is 0 Å². The Bertz CT molecular complexity index is 1900. The van der Waals surface area contributed by atoms with Gasteiger partial charge < -0.3 is 14.3 Å². The van der Waals surface area contributed by atoms with E-state index in [1.54, 1.807) is 30.2 Å². The van der Waals surface area contributed by atoms with Crippen molar-refractivity contribution >= 4 is 34.2 Å². The maximum Gasteiger partial charge on any atom is 0.228 e. The van der Waals surface area contributed by atoms with E-state index in [0.29, 0.717) is 22.4 Å². The topological polar surface area (TPSA) is 83.1 Å². The monoisotopic (exact) mass is 547 g/mol. The first-order chi connectivity index (χ1) is 19.7. The molecule has 1 atom stereocenters. The molecule has 0 saturated carbocycles. The van der Waals surface area contributed by atoms with E-state index in [2.05, 4.69) is 45.6 Å². The molecule has 40 heavy (non-hydrogen) atoms. The molecule has 9 heteroatoms. The van der Waals surface area contributed by atoms with Gasteiger partial charge in [0, 0.05) is 22.1 Å². The average molecular weight is 548 g/mol. The van der Waals surface area contributed by atoms with Crippen LogP contribution in [0, 0.1) is 0 Å². The van der Waals surface area contributed by atoms with Gasteiger partial charge in [-0.15, -0.1) is 5.10 Å². The number of rotatable bonds is 6. The highest BCUT2D eigenvalue weighted by molar-refractivity contribution is 6.33. The normalized spacial score (nSPS) is 14.2. The molecule has 0 N–H and O–H groups in total. The number of methoxy groups -OCH3 is 1. The molecule has 0 spiro atoms. The molecule has 1 aliphatic heterocycles. The lowest BCUT2D eigenvalue weighted by atomic mass is 9.81. The molecule has 0 aliphatic carbocycles. The summed E-state index contributed by atoms with van der Waals surface area (Å²) in [5.41, 5.74) is 4.34. The predicted octanol–water partition coefficient (Wildman–Crippen LogP) is 6.78. The first-order valence-electron chi connectivity index (χ1n) is 12.7. The van der Waals surface area contributed by atoms with Gasteiger partial charge in [-0.2, -0.15) is 0 Å². The molecule has 0 saturated heterocycles. The third-order valence-corrected chi connectivity index (χ3v) is 7.30. The minimum Gasteiger partial charge on any atom is -0.497 e. The minimum absolute atomic E-state index is 0.0744. The molecule has 0 amide bonds. The van der Waals surface area contributed by atoms with E-state index < -0.39 is 0 Å². The Morgan fingerprint density at radius 2 is 1.80 bits per heavy atom. The molecule has 0 unspecified atom stereocenters. The lowest BCUT2D eigenvalue weighted by molar-refractivity contribution is 0.126. The number of oxime groups is 1. The molecule has 0 fully saturated rings. The van der Waals surface area contributed by atoms with Gasteiger partial charge in [-0.05, 0) is 40.6 Å². The fraction of sp³-hybridized carbons (Fsp3) is 0.0968. The molecule has 6 aromatic rings. The van der Waals surface area contributed by atoms with Crippen LogP contribution in [0.4, 0.5) is 0 Å². The summed E-state index contributed by atoms with van der Waals surface area (Å²) in [4.78, 5) is 15.0. The molecule has 0 radical (unpaired) electrons. The SMILES string of the molecule is COc1ccc([C@@H]2c3c(ccc4ccccc34)Oc3ncn4nc(CO/N=C\c5ccccc5Cl)nc4c32)cc1. The van der Waals surface area contributed by atoms with E-state index in [1.807, 2.05) is 48.5 Å². The largest absolute Gasteiger partial charge is 0.497 e. The average Bonchev–Trinajstić information content (AvgIpc) is 3.42. The van der Waals surface area contributed by atoms with Crippen LogP contribution in [0.15, 0.2) is 96.4 Å². The molecule has 4 aromatic carbocycles. The summed E-state index contributed by atoms with van der Waals surface area (Å²) in [6, 6.07) is 27.8. The lowest BCUT2D eigenvalue weighted by Crippen LogP contribution is -2.15. The summed E-state index contributed by atoms with van der Waals surface area (Å²) in [6.07, 6.45) is 3.17. The number of nitrogens with zero attached hydrogens (tertiary/aromatic N) is 5. The van der Waals surface area contributed by atoms with E-state index in [-0.39, 0.29) is 12.5 Å². The van der Waals surface area contributed by atoms with Gasteiger partial charge in [-0.1, -0.05) is 77.4 Å². The van der Waals surface area contributed by atoms with Crippen molar-refractivity contribution in [1.29, 1.82) is 0 Å². The number of ether oxygens (including phenoxy) is 2. The van der Waals surface area contributed by atoms with Gasteiger partial charge in [0.25, 0.3) is 0 Å². The highest BCUT2D eigenvalue weighted by atomic mass is 35.5. The second-order valence-electron chi connectivity index (χ2n) is 9.30. The summed E-state index contributed by atoms with van der Waals surface area (Å²) in [5.74, 6) is 2.30. The quantitative estimate of drug-likeness (QED) is 0.169. The first-order valence-corrected chi connectivity index (χ1v) is 13.0. The van der Waals surface area contributed by atoms with E-state index >= 15 is 0 Å². The maximum atomic E-state index is 6.37. The second kappa shape index (κ2) is 9.98. The Kier molecular flexibility index (Phi) is 6.02. The number of hydrogen-bond donors (Lipinski definition) is 0. The van der Waals surface area contributed by atoms with Gasteiger partial charge >= 0.3 is 0 Å². The molecular formula is C31H22ClN5O3. The van der Waals surface area contributed by atoms with Gasteiger partial charge in [-0.3, -0.25) is 0 Å². The molecule has 196 valence electrons. The van der Waals surface area contributed by atoms with Crippen LogP contribution >= 0.6 is 11.6 Å². The standard InChI is InChI=1S/C31H22ClN5O3/c1-38-22-13-10-20(11-14-22)27-28-23-8-4-2-6-19(23)12-15-25(28)40-31-29(27)30-35-26(36-37(30)18-33-31)17-39-34-16-21-7-3-5-9-24(21)32/h2-16,18,27H,17H2,1H3/b34-16-/t27-/m1/s1. The summed E-state index contributed by atoms with van der Waals surface area (Å²) >= 11 is 6.19. The number of aromatic nitrogens is 4. The van der Waals surface area contributed by atoms with Crippen LogP contribution in [-0.4, -0.2) is 32.9 Å². The summed E-state index contributed by atoms with van der Waals surface area (Å²) in [5, 5.41) is 11.5. The first kappa shape index (κ1) is 24.1. The summed E-state index contributed by atoms with van der Waals surface area (Å²) in [7, 11) is 1.66. The Morgan fingerprint density at radius 3 is 2.65 bits per heavy atom. The van der Waals surface area contributed by atoms with Crippen molar-refractivity contribution in [1.82, 2.24) is 19.6 Å². The molecule has 3 heterocycles. The van der Waals surface area contributed by atoms with Crippen LogP contribution < -0.4 is 9.47 Å². The van der Waals surface area contributed by atoms with E-state index in [4.69, 9.17) is 30.9 Å². The minimum atomic E-state index is -0.205. The number of benzene rings is 4. The fourth-order valence-corrected chi connectivity index (χ4v) is 5.29. The van der Waals surface area contributed by atoms with E-state index in [9.17, 15) is 0 Å². The van der Waals surface area contributed by atoms with E-state index in [1.165, 1.54) is 0 Å². The van der Waals surface area contributed by atoms with Crippen LogP contribution in [-0.2, 0) is 11.4 Å². The zero-order chi connectivity index (χ0) is 27.1. The zero-order valence-electron chi connectivity index (χ0n) is 21.4. The van der Waals surface area contributed by atoms with E-state index in [0.717, 1.165) is 44.5 Å². The number of fused-ring (bicyclic) bond motifs is 6.